The summed E-state index contributed by atoms with van der Waals surface area (Å²) in [7, 11) is 0. The van der Waals surface area contributed by atoms with Crippen LogP contribution < -0.4 is 4.74 Å². The number of aliphatic carboxylic acids is 1. The molecule has 1 aromatic heterocycles. The number of carboxylic acid groups (broad SMARTS) is 1. The Morgan fingerprint density at radius 2 is 1.83 bits per heavy atom. The average Bonchev–Trinajstić information content (AvgIpc) is 3.24. The van der Waals surface area contributed by atoms with E-state index in [-0.39, 0.29) is 0 Å². The third-order valence-corrected chi connectivity index (χ3v) is 4.90. The Kier molecular flexibility index (Phi) is 21.8. The van der Waals surface area contributed by atoms with E-state index in [2.05, 4.69) is 37.9 Å². The molecule has 1 N–H and O–H groups in total. The number of terminal acetylenes is 1. The summed E-state index contributed by atoms with van der Waals surface area (Å²) in [5.74, 6) is 2.46. The first-order valence-electron chi connectivity index (χ1n) is 12.4. The Hall–Kier alpha value is -3.11. The van der Waals surface area contributed by atoms with E-state index in [9.17, 15) is 4.79 Å². The molecule has 2 rings (SSSR count). The highest BCUT2D eigenvalue weighted by Gasteiger charge is 2.12. The van der Waals surface area contributed by atoms with Gasteiger partial charge < -0.3 is 14.3 Å². The quantitative estimate of drug-likeness (QED) is 0.186. The van der Waals surface area contributed by atoms with E-state index in [4.69, 9.17) is 26.5 Å². The molecule has 0 bridgehead atoms. The lowest BCUT2D eigenvalue weighted by atomic mass is 10.1. The number of benzene rings is 1. The number of hydrogen-bond acceptors (Lipinski definition) is 5. The molecular weight excluding hydrogens is 472 g/mol. The molecule has 0 amide bonds. The lowest BCUT2D eigenvalue weighted by Crippen LogP contribution is -2.22. The van der Waals surface area contributed by atoms with Gasteiger partial charge in [0.25, 0.3) is 4.84 Å². The maximum atomic E-state index is 10.8. The van der Waals surface area contributed by atoms with Gasteiger partial charge in [-0.1, -0.05) is 64.1 Å². The monoisotopic (exact) mass is 516 g/mol. The van der Waals surface area contributed by atoms with Gasteiger partial charge in [-0.3, -0.25) is 0 Å². The van der Waals surface area contributed by atoms with Crippen molar-refractivity contribution in [2.75, 3.05) is 0 Å². The third-order valence-electron chi connectivity index (χ3n) is 4.60. The molecule has 7 heteroatoms. The molecule has 200 valence electrons. The summed E-state index contributed by atoms with van der Waals surface area (Å²) in [5.41, 5.74) is 2.48. The van der Waals surface area contributed by atoms with E-state index in [1.807, 2.05) is 45.1 Å². The number of aromatic nitrogens is 2. The second-order valence-electron chi connectivity index (χ2n) is 7.35. The van der Waals surface area contributed by atoms with Crippen LogP contribution in [0.25, 0.3) is 0 Å². The van der Waals surface area contributed by atoms with Gasteiger partial charge in [0.2, 0.25) is 5.89 Å². The maximum absolute atomic E-state index is 10.8. The summed E-state index contributed by atoms with van der Waals surface area (Å²) in [6.45, 7) is 17.8. The van der Waals surface area contributed by atoms with Crippen LogP contribution in [0.4, 0.5) is 0 Å². The van der Waals surface area contributed by atoms with Crippen LogP contribution in [0.5, 0.6) is 5.75 Å². The van der Waals surface area contributed by atoms with Gasteiger partial charge in [0, 0.05) is 6.42 Å². The van der Waals surface area contributed by atoms with E-state index in [0.717, 1.165) is 31.2 Å². The van der Waals surface area contributed by atoms with E-state index in [0.29, 0.717) is 29.4 Å². The fourth-order valence-corrected chi connectivity index (χ4v) is 2.67. The highest BCUT2D eigenvalue weighted by Crippen LogP contribution is 2.16. The van der Waals surface area contributed by atoms with Crippen molar-refractivity contribution in [2.24, 2.45) is 0 Å². The minimum absolute atomic E-state index is 0.391. The largest absolute Gasteiger partial charge is 0.479 e. The number of hydrogen-bond donors (Lipinski definition) is 1. The molecule has 0 aliphatic carbocycles. The summed E-state index contributed by atoms with van der Waals surface area (Å²) in [4.78, 5) is 11.2. The number of rotatable bonds is 11. The van der Waals surface area contributed by atoms with Crippen molar-refractivity contribution in [1.82, 2.24) is 9.78 Å². The van der Waals surface area contributed by atoms with Crippen LogP contribution in [0.15, 0.2) is 53.0 Å². The lowest BCUT2D eigenvalue weighted by Gasteiger charge is -2.10. The minimum Gasteiger partial charge on any atom is -0.479 e. The Balaban J connectivity index is 0. The molecular formula is C29H44N2O4S. The zero-order valence-corrected chi connectivity index (χ0v) is 23.9. The van der Waals surface area contributed by atoms with Crippen LogP contribution in [0.1, 0.15) is 79.2 Å². The van der Waals surface area contributed by atoms with Gasteiger partial charge in [-0.05, 0) is 76.4 Å². The molecule has 1 unspecified atom stereocenters. The maximum Gasteiger partial charge on any atom is 0.344 e. The zero-order valence-electron chi connectivity index (χ0n) is 23.0. The number of carbonyl (C=O) groups is 1. The van der Waals surface area contributed by atoms with Crippen molar-refractivity contribution in [3.63, 3.8) is 0 Å². The minimum atomic E-state index is -0.984. The van der Waals surface area contributed by atoms with Crippen molar-refractivity contribution in [3.8, 4) is 18.1 Å². The smallest absolute Gasteiger partial charge is 0.344 e. The van der Waals surface area contributed by atoms with Crippen molar-refractivity contribution in [2.45, 2.75) is 93.2 Å². The number of aryl methyl sites for hydroxylation is 2. The first-order chi connectivity index (χ1) is 17.2. The molecule has 2 aromatic rings. The lowest BCUT2D eigenvalue weighted by molar-refractivity contribution is -0.144. The van der Waals surface area contributed by atoms with E-state index in [1.165, 1.54) is 12.5 Å². The van der Waals surface area contributed by atoms with Gasteiger partial charge >= 0.3 is 5.97 Å². The fraction of sp³-hybridized carbons (Fsp3) is 0.483. The summed E-state index contributed by atoms with van der Waals surface area (Å²) in [6, 6.07) is 7.44. The van der Waals surface area contributed by atoms with E-state index >= 15 is 0 Å². The summed E-state index contributed by atoms with van der Waals surface area (Å²) in [6.07, 6.45) is 12.4. The van der Waals surface area contributed by atoms with Crippen LogP contribution in [0.2, 0.25) is 0 Å². The number of allylic oxidation sites excluding steroid dienone is 3. The van der Waals surface area contributed by atoms with Crippen LogP contribution in [-0.2, 0) is 24.2 Å². The molecule has 0 spiro atoms. The van der Waals surface area contributed by atoms with Crippen LogP contribution in [-0.4, -0.2) is 27.0 Å². The predicted molar refractivity (Wildman–Crippen MR) is 152 cm³/mol. The zero-order chi connectivity index (χ0) is 27.9. The highest BCUT2D eigenvalue weighted by molar-refractivity contribution is 7.71. The molecule has 0 aliphatic rings. The first kappa shape index (κ1) is 35.1. The topological polar surface area (TPSA) is 77.5 Å². The van der Waals surface area contributed by atoms with E-state index in [1.54, 1.807) is 23.7 Å². The standard InChI is InChI=1S/C18H22N2O4S.C6H12.C3H4.C2H6/c1-3-4-12-20-18(25)24-16(19-20)7-5-6-14-8-10-15(11-9-14)23-13(2)17(21)22;1-4-6(3)5-2;1-3-2;1-2/h3-4,8-11,13H,5-7,12H2,1-2H3,(H,21,22);3-5H2,1-2H3;1H,2H3;1-2H3/b4-3+;;;. The molecule has 0 radical (unpaired) electrons. The van der Waals surface area contributed by atoms with Gasteiger partial charge in [0.05, 0.1) is 6.54 Å². The summed E-state index contributed by atoms with van der Waals surface area (Å²) < 4.78 is 12.5. The molecule has 36 heavy (non-hydrogen) atoms. The second kappa shape index (κ2) is 22.4. The Morgan fingerprint density at radius 1 is 1.28 bits per heavy atom. The Bertz CT molecular complexity index is 976. The normalized spacial score (nSPS) is 10.4. The SMILES string of the molecule is C#CC.C/C=C/Cn1nc(CCCc2ccc(OC(C)C(=O)O)cc2)oc1=S.C=C(CC)CC.CC. The molecule has 0 saturated heterocycles. The van der Waals surface area contributed by atoms with Gasteiger partial charge in [0.1, 0.15) is 5.75 Å². The molecule has 1 atom stereocenters. The summed E-state index contributed by atoms with van der Waals surface area (Å²) in [5, 5.41) is 13.2. The Morgan fingerprint density at radius 3 is 2.28 bits per heavy atom. The Labute approximate surface area is 223 Å². The van der Waals surface area contributed by atoms with Crippen LogP contribution in [0, 0.1) is 17.2 Å². The van der Waals surface area contributed by atoms with Crippen molar-refractivity contribution in [3.05, 3.63) is 64.9 Å². The molecule has 1 heterocycles. The van der Waals surface area contributed by atoms with Crippen molar-refractivity contribution < 1.29 is 19.1 Å². The van der Waals surface area contributed by atoms with Crippen LogP contribution in [0.3, 0.4) is 0 Å². The highest BCUT2D eigenvalue weighted by atomic mass is 32.1. The molecule has 1 aromatic carbocycles. The molecule has 6 nitrogen and oxygen atoms in total. The van der Waals surface area contributed by atoms with Crippen molar-refractivity contribution >= 4 is 18.2 Å². The first-order valence-corrected chi connectivity index (χ1v) is 12.8. The third kappa shape index (κ3) is 16.5. The number of nitrogens with zero attached hydrogens (tertiary/aromatic N) is 2. The predicted octanol–water partition coefficient (Wildman–Crippen LogP) is 7.84. The van der Waals surface area contributed by atoms with Gasteiger partial charge in [-0.15, -0.1) is 17.4 Å². The van der Waals surface area contributed by atoms with Gasteiger partial charge in [-0.2, -0.15) is 0 Å². The number of carboxylic acids is 1. The van der Waals surface area contributed by atoms with E-state index < -0.39 is 12.1 Å². The molecule has 0 fully saturated rings. The van der Waals surface area contributed by atoms with Gasteiger partial charge in [-0.25, -0.2) is 9.48 Å². The summed E-state index contributed by atoms with van der Waals surface area (Å²) >= 11 is 5.14. The average molecular weight is 517 g/mol. The molecule has 0 saturated carbocycles. The van der Waals surface area contributed by atoms with Crippen molar-refractivity contribution in [1.29, 1.82) is 0 Å². The molecule has 0 aliphatic heterocycles. The fourth-order valence-electron chi connectivity index (χ4n) is 2.45. The number of ether oxygens (including phenoxy) is 1. The second-order valence-corrected chi connectivity index (χ2v) is 7.70. The van der Waals surface area contributed by atoms with Gasteiger partial charge in [0.15, 0.2) is 6.10 Å². The van der Waals surface area contributed by atoms with Crippen LogP contribution >= 0.6 is 12.2 Å².